The number of nitrogens with one attached hydrogen (secondary N) is 2. The van der Waals surface area contributed by atoms with Crippen molar-refractivity contribution in [2.75, 3.05) is 39.5 Å². The first-order valence-electron chi connectivity index (χ1n) is 8.42. The molecule has 2 aliphatic rings. The van der Waals surface area contributed by atoms with E-state index in [0.717, 1.165) is 39.1 Å². The molecule has 0 aromatic rings. The highest BCUT2D eigenvalue weighted by atomic mass is 35.5. The van der Waals surface area contributed by atoms with E-state index in [0.29, 0.717) is 31.4 Å². The molecule has 5 nitrogen and oxygen atoms in total. The van der Waals surface area contributed by atoms with E-state index in [1.165, 1.54) is 12.8 Å². The zero-order chi connectivity index (χ0) is 14.9. The standard InChI is InChI=1S/C16H30N2O3.ClH/c1-13(14-4-2-6-17-11-14)10-16(19)18-7-3-8-21-15-5-9-20-12-15;/h13-15,17H,2-12H2,1H3,(H,18,19);1H. The van der Waals surface area contributed by atoms with E-state index in [9.17, 15) is 4.79 Å². The van der Waals surface area contributed by atoms with Crippen molar-refractivity contribution in [1.82, 2.24) is 10.6 Å². The molecule has 0 aromatic heterocycles. The van der Waals surface area contributed by atoms with Crippen LogP contribution in [-0.4, -0.2) is 51.5 Å². The molecule has 0 saturated carbocycles. The van der Waals surface area contributed by atoms with Crippen LogP contribution in [0.15, 0.2) is 0 Å². The normalized spacial score (nSPS) is 26.2. The summed E-state index contributed by atoms with van der Waals surface area (Å²) in [5.74, 6) is 1.29. The number of carbonyl (C=O) groups is 1. The second kappa shape index (κ2) is 11.2. The fourth-order valence-corrected chi connectivity index (χ4v) is 3.09. The lowest BCUT2D eigenvalue weighted by atomic mass is 9.85. The van der Waals surface area contributed by atoms with Crippen LogP contribution in [0, 0.1) is 11.8 Å². The predicted octanol–water partition coefficient (Wildman–Crippen LogP) is 1.75. The molecule has 3 unspecified atom stereocenters. The molecule has 6 heteroatoms. The molecule has 3 atom stereocenters. The van der Waals surface area contributed by atoms with Gasteiger partial charge in [-0.1, -0.05) is 6.92 Å². The first kappa shape index (κ1) is 19.7. The molecule has 2 rings (SSSR count). The highest BCUT2D eigenvalue weighted by Gasteiger charge is 2.21. The Kier molecular flexibility index (Phi) is 10.0. The largest absolute Gasteiger partial charge is 0.379 e. The number of rotatable bonds is 8. The van der Waals surface area contributed by atoms with Gasteiger partial charge in [-0.15, -0.1) is 12.4 Å². The SMILES string of the molecule is CC(CC(=O)NCCCOC1CCOC1)C1CCCNC1.Cl. The van der Waals surface area contributed by atoms with E-state index in [1.54, 1.807) is 0 Å². The van der Waals surface area contributed by atoms with Gasteiger partial charge < -0.3 is 20.1 Å². The minimum Gasteiger partial charge on any atom is -0.379 e. The van der Waals surface area contributed by atoms with Crippen molar-refractivity contribution in [2.24, 2.45) is 11.8 Å². The average Bonchev–Trinajstić information content (AvgIpc) is 3.01. The van der Waals surface area contributed by atoms with Crippen LogP contribution < -0.4 is 10.6 Å². The van der Waals surface area contributed by atoms with Crippen LogP contribution in [0.1, 0.15) is 39.0 Å². The van der Waals surface area contributed by atoms with Crippen molar-refractivity contribution in [2.45, 2.75) is 45.1 Å². The van der Waals surface area contributed by atoms with E-state index in [2.05, 4.69) is 17.6 Å². The zero-order valence-electron chi connectivity index (χ0n) is 13.6. The zero-order valence-corrected chi connectivity index (χ0v) is 14.5. The Hall–Kier alpha value is -0.360. The van der Waals surface area contributed by atoms with Gasteiger partial charge in [0, 0.05) is 26.2 Å². The van der Waals surface area contributed by atoms with Crippen LogP contribution in [0.2, 0.25) is 0 Å². The van der Waals surface area contributed by atoms with Gasteiger partial charge in [0.25, 0.3) is 0 Å². The van der Waals surface area contributed by atoms with Gasteiger partial charge in [0.1, 0.15) is 0 Å². The maximum Gasteiger partial charge on any atom is 0.220 e. The summed E-state index contributed by atoms with van der Waals surface area (Å²) in [6.45, 7) is 7.33. The summed E-state index contributed by atoms with van der Waals surface area (Å²) in [4.78, 5) is 11.9. The van der Waals surface area contributed by atoms with Crippen LogP contribution in [0.3, 0.4) is 0 Å². The number of halogens is 1. The van der Waals surface area contributed by atoms with Gasteiger partial charge in [-0.3, -0.25) is 4.79 Å². The second-order valence-electron chi connectivity index (χ2n) is 6.35. The summed E-state index contributed by atoms with van der Waals surface area (Å²) in [6, 6.07) is 0. The van der Waals surface area contributed by atoms with Gasteiger partial charge in [-0.05, 0) is 50.6 Å². The number of amides is 1. The third-order valence-corrected chi connectivity index (χ3v) is 4.53. The molecule has 0 aromatic carbocycles. The van der Waals surface area contributed by atoms with Crippen LogP contribution in [-0.2, 0) is 14.3 Å². The molecule has 22 heavy (non-hydrogen) atoms. The minimum atomic E-state index is 0. The van der Waals surface area contributed by atoms with E-state index in [-0.39, 0.29) is 24.4 Å². The molecular weight excluding hydrogens is 304 g/mol. The third-order valence-electron chi connectivity index (χ3n) is 4.53. The number of carbonyl (C=O) groups excluding carboxylic acids is 1. The quantitative estimate of drug-likeness (QED) is 0.664. The molecule has 0 spiro atoms. The third kappa shape index (κ3) is 7.27. The minimum absolute atomic E-state index is 0. The topological polar surface area (TPSA) is 59.6 Å². The Balaban J connectivity index is 0.00000242. The summed E-state index contributed by atoms with van der Waals surface area (Å²) in [5.41, 5.74) is 0. The fraction of sp³-hybridized carbons (Fsp3) is 0.938. The summed E-state index contributed by atoms with van der Waals surface area (Å²) < 4.78 is 10.9. The summed E-state index contributed by atoms with van der Waals surface area (Å²) in [5, 5.41) is 6.42. The highest BCUT2D eigenvalue weighted by Crippen LogP contribution is 2.22. The maximum absolute atomic E-state index is 11.9. The van der Waals surface area contributed by atoms with Crippen molar-refractivity contribution in [3.63, 3.8) is 0 Å². The van der Waals surface area contributed by atoms with Crippen molar-refractivity contribution >= 4 is 18.3 Å². The number of hydrogen-bond donors (Lipinski definition) is 2. The Morgan fingerprint density at radius 2 is 2.32 bits per heavy atom. The van der Waals surface area contributed by atoms with Gasteiger partial charge in [0.15, 0.2) is 0 Å². The van der Waals surface area contributed by atoms with E-state index in [4.69, 9.17) is 9.47 Å². The molecule has 2 saturated heterocycles. The van der Waals surface area contributed by atoms with Crippen LogP contribution in [0.25, 0.3) is 0 Å². The highest BCUT2D eigenvalue weighted by molar-refractivity contribution is 5.85. The smallest absolute Gasteiger partial charge is 0.220 e. The second-order valence-corrected chi connectivity index (χ2v) is 6.35. The van der Waals surface area contributed by atoms with Gasteiger partial charge >= 0.3 is 0 Å². The Labute approximate surface area is 140 Å². The maximum atomic E-state index is 11.9. The molecule has 2 heterocycles. The van der Waals surface area contributed by atoms with E-state index < -0.39 is 0 Å². The predicted molar refractivity (Wildman–Crippen MR) is 89.4 cm³/mol. The van der Waals surface area contributed by atoms with Crippen molar-refractivity contribution in [1.29, 1.82) is 0 Å². The summed E-state index contributed by atoms with van der Waals surface area (Å²) in [6.07, 6.45) is 5.27. The summed E-state index contributed by atoms with van der Waals surface area (Å²) >= 11 is 0. The van der Waals surface area contributed by atoms with Gasteiger partial charge in [0.2, 0.25) is 5.91 Å². The van der Waals surface area contributed by atoms with Crippen molar-refractivity contribution in [3.8, 4) is 0 Å². The van der Waals surface area contributed by atoms with Crippen molar-refractivity contribution < 1.29 is 14.3 Å². The van der Waals surface area contributed by atoms with E-state index in [1.807, 2.05) is 0 Å². The number of hydrogen-bond acceptors (Lipinski definition) is 4. The monoisotopic (exact) mass is 334 g/mol. The average molecular weight is 335 g/mol. The fourth-order valence-electron chi connectivity index (χ4n) is 3.09. The Morgan fingerprint density at radius 1 is 1.45 bits per heavy atom. The first-order valence-corrected chi connectivity index (χ1v) is 8.42. The lowest BCUT2D eigenvalue weighted by Gasteiger charge is -2.28. The molecule has 130 valence electrons. The lowest BCUT2D eigenvalue weighted by molar-refractivity contribution is -0.122. The Morgan fingerprint density at radius 3 is 3.00 bits per heavy atom. The number of ether oxygens (including phenoxy) is 2. The van der Waals surface area contributed by atoms with E-state index >= 15 is 0 Å². The summed E-state index contributed by atoms with van der Waals surface area (Å²) in [7, 11) is 0. The molecule has 0 bridgehead atoms. The van der Waals surface area contributed by atoms with Crippen LogP contribution >= 0.6 is 12.4 Å². The van der Waals surface area contributed by atoms with Crippen molar-refractivity contribution in [3.05, 3.63) is 0 Å². The van der Waals surface area contributed by atoms with Gasteiger partial charge in [-0.25, -0.2) is 0 Å². The molecule has 1 amide bonds. The molecule has 2 N–H and O–H groups in total. The van der Waals surface area contributed by atoms with Gasteiger partial charge in [-0.2, -0.15) is 0 Å². The molecule has 2 aliphatic heterocycles. The first-order chi connectivity index (χ1) is 10.3. The molecular formula is C16H31ClN2O3. The molecule has 0 radical (unpaired) electrons. The van der Waals surface area contributed by atoms with Crippen LogP contribution in [0.5, 0.6) is 0 Å². The van der Waals surface area contributed by atoms with Crippen LogP contribution in [0.4, 0.5) is 0 Å². The molecule has 2 fully saturated rings. The Bertz CT molecular complexity index is 306. The molecule has 0 aliphatic carbocycles. The number of piperidine rings is 1. The lowest BCUT2D eigenvalue weighted by Crippen LogP contribution is -2.35. The van der Waals surface area contributed by atoms with Gasteiger partial charge in [0.05, 0.1) is 12.7 Å².